The number of hydrogen-bond donors (Lipinski definition) is 2. The molecule has 0 saturated carbocycles. The van der Waals surface area contributed by atoms with Crippen molar-refractivity contribution in [3.8, 4) is 5.69 Å². The number of carbonyl (C=O) groups excluding carboxylic acids is 1. The third-order valence-corrected chi connectivity index (χ3v) is 2.80. The van der Waals surface area contributed by atoms with Crippen LogP contribution in [0.1, 0.15) is 24.2 Å². The van der Waals surface area contributed by atoms with Crippen LogP contribution in [0.5, 0.6) is 0 Å². The lowest BCUT2D eigenvalue weighted by atomic mass is 10.1. The number of rotatable bonds is 5. The molecule has 0 bridgehead atoms. The maximum atomic E-state index is 12.0. The third-order valence-electron chi connectivity index (χ3n) is 2.80. The summed E-state index contributed by atoms with van der Waals surface area (Å²) in [7, 11) is 0. The number of nitrogens with two attached hydrogens (primary N) is 1. The van der Waals surface area contributed by atoms with E-state index in [-0.39, 0.29) is 23.5 Å². The first kappa shape index (κ1) is 15.6. The van der Waals surface area contributed by atoms with Gasteiger partial charge in [0.05, 0.1) is 4.92 Å². The van der Waals surface area contributed by atoms with Crippen molar-refractivity contribution < 1.29 is 9.72 Å². The second-order valence-corrected chi connectivity index (χ2v) is 5.47. The molecule has 22 heavy (non-hydrogen) atoms. The third kappa shape index (κ3) is 3.64. The molecule has 0 aliphatic rings. The summed E-state index contributed by atoms with van der Waals surface area (Å²) in [6, 6.07) is 4.15. The molecule has 1 aromatic carbocycles. The Hall–Kier alpha value is -2.81. The molecule has 0 radical (unpaired) electrons. The average Bonchev–Trinajstić information content (AvgIpc) is 2.97. The van der Waals surface area contributed by atoms with Crippen LogP contribution in [-0.4, -0.2) is 37.7 Å². The van der Waals surface area contributed by atoms with Gasteiger partial charge < -0.3 is 11.1 Å². The highest BCUT2D eigenvalue weighted by Crippen LogP contribution is 2.23. The van der Waals surface area contributed by atoms with E-state index in [4.69, 9.17) is 5.73 Å². The molecule has 0 fully saturated rings. The topological polar surface area (TPSA) is 129 Å². The second-order valence-electron chi connectivity index (χ2n) is 5.47. The molecule has 0 saturated heterocycles. The summed E-state index contributed by atoms with van der Waals surface area (Å²) in [4.78, 5) is 26.4. The monoisotopic (exact) mass is 304 g/mol. The summed E-state index contributed by atoms with van der Waals surface area (Å²) >= 11 is 0. The van der Waals surface area contributed by atoms with Gasteiger partial charge in [-0.25, -0.2) is 9.67 Å². The van der Waals surface area contributed by atoms with E-state index in [0.29, 0.717) is 0 Å². The quantitative estimate of drug-likeness (QED) is 0.616. The van der Waals surface area contributed by atoms with Gasteiger partial charge in [-0.1, -0.05) is 0 Å². The number of nitrogens with zero attached hydrogens (tertiary/aromatic N) is 4. The Morgan fingerprint density at radius 1 is 1.50 bits per heavy atom. The Morgan fingerprint density at radius 3 is 2.77 bits per heavy atom. The summed E-state index contributed by atoms with van der Waals surface area (Å²) in [5.41, 5.74) is 5.40. The Kier molecular flexibility index (Phi) is 4.18. The maximum absolute atomic E-state index is 12.0. The highest BCUT2D eigenvalue weighted by molar-refractivity contribution is 5.95. The van der Waals surface area contributed by atoms with Gasteiger partial charge in [0.1, 0.15) is 18.3 Å². The van der Waals surface area contributed by atoms with Gasteiger partial charge in [0.25, 0.3) is 11.6 Å². The van der Waals surface area contributed by atoms with Gasteiger partial charge >= 0.3 is 0 Å². The summed E-state index contributed by atoms with van der Waals surface area (Å²) in [6.45, 7) is 3.79. The number of nitro benzene ring substituents is 1. The largest absolute Gasteiger partial charge is 0.350 e. The van der Waals surface area contributed by atoms with Gasteiger partial charge in [0.2, 0.25) is 0 Å². The van der Waals surface area contributed by atoms with Crippen molar-refractivity contribution in [3.05, 3.63) is 46.5 Å². The van der Waals surface area contributed by atoms with Gasteiger partial charge in [-0.15, -0.1) is 0 Å². The van der Waals surface area contributed by atoms with Crippen molar-refractivity contribution >= 4 is 11.6 Å². The van der Waals surface area contributed by atoms with Crippen molar-refractivity contribution in [1.82, 2.24) is 20.1 Å². The molecule has 1 aromatic heterocycles. The van der Waals surface area contributed by atoms with Gasteiger partial charge in [0, 0.05) is 23.7 Å². The fourth-order valence-electron chi connectivity index (χ4n) is 1.75. The number of nitrogens with one attached hydrogen (secondary N) is 1. The van der Waals surface area contributed by atoms with E-state index >= 15 is 0 Å². The molecule has 116 valence electrons. The number of aromatic nitrogens is 3. The van der Waals surface area contributed by atoms with E-state index in [1.807, 2.05) is 0 Å². The molecule has 3 N–H and O–H groups in total. The van der Waals surface area contributed by atoms with Crippen LogP contribution in [-0.2, 0) is 0 Å². The standard InChI is InChI=1S/C13H16N6O3/c1-13(2,14)6-16-12(20)9-3-4-10(11(5-9)19(21)22)18-8-15-7-17-18/h3-5,7-8H,6,14H2,1-2H3,(H,16,20). The first-order valence-corrected chi connectivity index (χ1v) is 6.48. The molecule has 0 spiro atoms. The molecule has 2 rings (SSSR count). The fraction of sp³-hybridized carbons (Fsp3) is 0.308. The van der Waals surface area contributed by atoms with Crippen LogP contribution in [0.15, 0.2) is 30.9 Å². The van der Waals surface area contributed by atoms with E-state index in [0.717, 1.165) is 0 Å². The summed E-state index contributed by atoms with van der Waals surface area (Å²) in [5, 5.41) is 17.7. The van der Waals surface area contributed by atoms with Crippen molar-refractivity contribution in [3.63, 3.8) is 0 Å². The lowest BCUT2D eigenvalue weighted by molar-refractivity contribution is -0.384. The van der Waals surface area contributed by atoms with E-state index in [1.54, 1.807) is 13.8 Å². The molecule has 0 atom stereocenters. The minimum absolute atomic E-state index is 0.180. The van der Waals surface area contributed by atoms with Gasteiger partial charge in [-0.3, -0.25) is 14.9 Å². The van der Waals surface area contributed by atoms with Crippen molar-refractivity contribution in [2.24, 2.45) is 5.73 Å². The van der Waals surface area contributed by atoms with Crippen LogP contribution in [0.3, 0.4) is 0 Å². The van der Waals surface area contributed by atoms with Gasteiger partial charge in [-0.2, -0.15) is 5.10 Å². The summed E-state index contributed by atoms with van der Waals surface area (Å²) in [6.07, 6.45) is 2.62. The highest BCUT2D eigenvalue weighted by atomic mass is 16.6. The van der Waals surface area contributed by atoms with Gasteiger partial charge in [0.15, 0.2) is 0 Å². The number of hydrogen-bond acceptors (Lipinski definition) is 6. The predicted octanol–water partition coefficient (Wildman–Crippen LogP) is 0.643. The molecule has 9 nitrogen and oxygen atoms in total. The first-order valence-electron chi connectivity index (χ1n) is 6.48. The van der Waals surface area contributed by atoms with Crippen LogP contribution in [0.2, 0.25) is 0 Å². The molecular formula is C13H16N6O3. The van der Waals surface area contributed by atoms with E-state index < -0.39 is 16.4 Å². The molecule has 1 heterocycles. The van der Waals surface area contributed by atoms with Crippen LogP contribution >= 0.6 is 0 Å². The van der Waals surface area contributed by atoms with Gasteiger partial charge in [-0.05, 0) is 26.0 Å². The predicted molar refractivity (Wildman–Crippen MR) is 78.6 cm³/mol. The van der Waals surface area contributed by atoms with E-state index in [2.05, 4.69) is 15.4 Å². The lowest BCUT2D eigenvalue weighted by Gasteiger charge is -2.18. The summed E-state index contributed by atoms with van der Waals surface area (Å²) in [5.74, 6) is -0.424. The Morgan fingerprint density at radius 2 is 2.23 bits per heavy atom. The molecule has 2 aromatic rings. The minimum atomic E-state index is -0.569. The molecule has 0 aliphatic carbocycles. The van der Waals surface area contributed by atoms with Crippen LogP contribution < -0.4 is 11.1 Å². The van der Waals surface area contributed by atoms with Crippen LogP contribution in [0.4, 0.5) is 5.69 Å². The lowest BCUT2D eigenvalue weighted by Crippen LogP contribution is -2.45. The number of amides is 1. The summed E-state index contributed by atoms with van der Waals surface area (Å²) < 4.78 is 1.27. The average molecular weight is 304 g/mol. The zero-order chi connectivity index (χ0) is 16.3. The smallest absolute Gasteiger partial charge is 0.295 e. The zero-order valence-corrected chi connectivity index (χ0v) is 12.2. The van der Waals surface area contributed by atoms with Crippen molar-refractivity contribution in [2.45, 2.75) is 19.4 Å². The Labute approximate surface area is 126 Å². The van der Waals surface area contributed by atoms with Crippen LogP contribution in [0.25, 0.3) is 5.69 Å². The number of benzene rings is 1. The zero-order valence-electron chi connectivity index (χ0n) is 12.2. The van der Waals surface area contributed by atoms with Crippen molar-refractivity contribution in [1.29, 1.82) is 0 Å². The molecule has 0 unspecified atom stereocenters. The highest BCUT2D eigenvalue weighted by Gasteiger charge is 2.20. The SMILES string of the molecule is CC(C)(N)CNC(=O)c1ccc(-n2cncn2)c([N+](=O)[O-])c1. The maximum Gasteiger partial charge on any atom is 0.295 e. The molecular weight excluding hydrogens is 288 g/mol. The number of nitro groups is 1. The molecule has 9 heteroatoms. The van der Waals surface area contributed by atoms with E-state index in [1.165, 1.54) is 35.5 Å². The second kappa shape index (κ2) is 5.90. The molecule has 1 amide bonds. The minimum Gasteiger partial charge on any atom is -0.350 e. The normalized spacial score (nSPS) is 11.2. The first-order chi connectivity index (χ1) is 10.3. The van der Waals surface area contributed by atoms with Crippen LogP contribution in [0, 0.1) is 10.1 Å². The fourth-order valence-corrected chi connectivity index (χ4v) is 1.75. The number of carbonyl (C=O) groups is 1. The van der Waals surface area contributed by atoms with E-state index in [9.17, 15) is 14.9 Å². The molecule has 0 aliphatic heterocycles. The Bertz CT molecular complexity index is 690. The van der Waals surface area contributed by atoms with Crippen molar-refractivity contribution in [2.75, 3.05) is 6.54 Å². The Balaban J connectivity index is 2.30.